The first kappa shape index (κ1) is 21.1. The number of hydrogen-bond acceptors (Lipinski definition) is 6. The first-order valence-corrected chi connectivity index (χ1v) is 8.46. The van der Waals surface area contributed by atoms with Crippen molar-refractivity contribution in [1.29, 1.82) is 0 Å². The van der Waals surface area contributed by atoms with Crippen LogP contribution < -0.4 is 10.6 Å². The number of para-hydroxylation sites is 2. The van der Waals surface area contributed by atoms with Gasteiger partial charge in [0.25, 0.3) is 0 Å². The Balaban J connectivity index is 2.56. The zero-order chi connectivity index (χ0) is 19.4. The van der Waals surface area contributed by atoms with Gasteiger partial charge in [-0.05, 0) is 26.0 Å². The average Bonchev–Trinajstić information content (AvgIpc) is 2.60. The second kappa shape index (κ2) is 11.6. The summed E-state index contributed by atoms with van der Waals surface area (Å²) in [7, 11) is 0. The van der Waals surface area contributed by atoms with Crippen LogP contribution in [0, 0.1) is 0 Å². The molecule has 0 aliphatic rings. The van der Waals surface area contributed by atoms with Crippen molar-refractivity contribution in [2.45, 2.75) is 39.5 Å². The second-order valence-electron chi connectivity index (χ2n) is 5.25. The fourth-order valence-electron chi connectivity index (χ4n) is 2.02. The van der Waals surface area contributed by atoms with Gasteiger partial charge in [0, 0.05) is 12.8 Å². The van der Waals surface area contributed by atoms with E-state index in [-0.39, 0.29) is 50.7 Å². The van der Waals surface area contributed by atoms with Crippen molar-refractivity contribution in [2.75, 3.05) is 23.8 Å². The second-order valence-corrected chi connectivity index (χ2v) is 5.25. The van der Waals surface area contributed by atoms with E-state index in [9.17, 15) is 19.2 Å². The first-order chi connectivity index (χ1) is 12.5. The average molecular weight is 364 g/mol. The molecule has 0 unspecified atom stereocenters. The minimum Gasteiger partial charge on any atom is -0.466 e. The van der Waals surface area contributed by atoms with E-state index in [4.69, 9.17) is 9.47 Å². The number of ether oxygens (including phenoxy) is 2. The standard InChI is InChI=1S/C18H24N2O6/c1-3-25-17(23)11-9-15(21)19-13-7-5-6-8-14(13)20-16(22)10-12-18(24)26-4-2/h5-8H,3-4,9-12H2,1-2H3,(H,19,21)(H,20,22). The molecular weight excluding hydrogens is 340 g/mol. The van der Waals surface area contributed by atoms with E-state index in [1.807, 2.05) is 0 Å². The highest BCUT2D eigenvalue weighted by molar-refractivity contribution is 6.00. The molecule has 142 valence electrons. The molecule has 2 amide bonds. The molecule has 1 rings (SSSR count). The normalized spacial score (nSPS) is 9.92. The largest absolute Gasteiger partial charge is 0.466 e. The van der Waals surface area contributed by atoms with E-state index < -0.39 is 11.9 Å². The van der Waals surface area contributed by atoms with Crippen LogP contribution in [0.25, 0.3) is 0 Å². The molecule has 0 aliphatic heterocycles. The zero-order valence-corrected chi connectivity index (χ0v) is 15.0. The highest BCUT2D eigenvalue weighted by Gasteiger charge is 2.12. The van der Waals surface area contributed by atoms with Crippen molar-refractivity contribution >= 4 is 35.1 Å². The molecule has 0 radical (unpaired) electrons. The summed E-state index contributed by atoms with van der Waals surface area (Å²) in [5.74, 6) is -1.62. The van der Waals surface area contributed by atoms with E-state index in [1.165, 1.54) is 0 Å². The SMILES string of the molecule is CCOC(=O)CCC(=O)Nc1ccccc1NC(=O)CCC(=O)OCC. The van der Waals surface area contributed by atoms with Gasteiger partial charge < -0.3 is 20.1 Å². The minimum atomic E-state index is -0.441. The van der Waals surface area contributed by atoms with Crippen molar-refractivity contribution in [3.63, 3.8) is 0 Å². The van der Waals surface area contributed by atoms with Crippen LogP contribution in [0.5, 0.6) is 0 Å². The van der Waals surface area contributed by atoms with Gasteiger partial charge in [-0.2, -0.15) is 0 Å². The number of esters is 2. The summed E-state index contributed by atoms with van der Waals surface area (Å²) < 4.78 is 9.54. The lowest BCUT2D eigenvalue weighted by Gasteiger charge is -2.12. The smallest absolute Gasteiger partial charge is 0.306 e. The Morgan fingerprint density at radius 2 is 1.12 bits per heavy atom. The van der Waals surface area contributed by atoms with Crippen LogP contribution in [-0.4, -0.2) is 37.0 Å². The van der Waals surface area contributed by atoms with Gasteiger partial charge in [-0.25, -0.2) is 0 Å². The third-order valence-electron chi connectivity index (χ3n) is 3.20. The van der Waals surface area contributed by atoms with Gasteiger partial charge in [0.15, 0.2) is 0 Å². The Labute approximate surface area is 152 Å². The number of nitrogens with one attached hydrogen (secondary N) is 2. The van der Waals surface area contributed by atoms with Gasteiger partial charge in [0.1, 0.15) is 0 Å². The molecule has 0 heterocycles. The molecule has 26 heavy (non-hydrogen) atoms. The number of carbonyl (C=O) groups excluding carboxylic acids is 4. The van der Waals surface area contributed by atoms with Crippen molar-refractivity contribution in [1.82, 2.24) is 0 Å². The third-order valence-corrected chi connectivity index (χ3v) is 3.20. The van der Waals surface area contributed by atoms with Crippen molar-refractivity contribution < 1.29 is 28.7 Å². The monoisotopic (exact) mass is 364 g/mol. The van der Waals surface area contributed by atoms with E-state index in [0.717, 1.165) is 0 Å². The van der Waals surface area contributed by atoms with E-state index in [0.29, 0.717) is 11.4 Å². The molecule has 0 fully saturated rings. The number of hydrogen-bond donors (Lipinski definition) is 2. The summed E-state index contributed by atoms with van der Waals surface area (Å²) in [6, 6.07) is 6.66. The van der Waals surface area contributed by atoms with Gasteiger partial charge in [0.05, 0.1) is 37.4 Å². The summed E-state index contributed by atoms with van der Waals surface area (Å²) in [6.45, 7) is 3.92. The predicted molar refractivity (Wildman–Crippen MR) is 95.4 cm³/mol. The molecule has 0 bridgehead atoms. The van der Waals surface area contributed by atoms with E-state index in [2.05, 4.69) is 10.6 Å². The number of carbonyl (C=O) groups is 4. The molecular formula is C18H24N2O6. The zero-order valence-electron chi connectivity index (χ0n) is 15.0. The molecule has 8 nitrogen and oxygen atoms in total. The third kappa shape index (κ3) is 8.27. The maximum Gasteiger partial charge on any atom is 0.306 e. The lowest BCUT2D eigenvalue weighted by Crippen LogP contribution is -2.18. The van der Waals surface area contributed by atoms with Crippen LogP contribution in [0.1, 0.15) is 39.5 Å². The molecule has 0 spiro atoms. The predicted octanol–water partition coefficient (Wildman–Crippen LogP) is 2.25. The fraction of sp³-hybridized carbons (Fsp3) is 0.444. The topological polar surface area (TPSA) is 111 Å². The van der Waals surface area contributed by atoms with Crippen molar-refractivity contribution in [3.05, 3.63) is 24.3 Å². The lowest BCUT2D eigenvalue weighted by atomic mass is 10.2. The molecule has 0 saturated carbocycles. The molecule has 1 aromatic carbocycles. The Kier molecular flexibility index (Phi) is 9.45. The van der Waals surface area contributed by atoms with Gasteiger partial charge in [-0.1, -0.05) is 12.1 Å². The van der Waals surface area contributed by atoms with E-state index in [1.54, 1.807) is 38.1 Å². The Morgan fingerprint density at radius 1 is 0.731 bits per heavy atom. The Morgan fingerprint density at radius 3 is 1.46 bits per heavy atom. The maximum atomic E-state index is 12.0. The molecule has 0 aromatic heterocycles. The van der Waals surface area contributed by atoms with Gasteiger partial charge >= 0.3 is 11.9 Å². The van der Waals surface area contributed by atoms with Crippen LogP contribution in [0.2, 0.25) is 0 Å². The van der Waals surface area contributed by atoms with Crippen LogP contribution in [0.15, 0.2) is 24.3 Å². The summed E-state index contributed by atoms with van der Waals surface area (Å²) in [6.07, 6.45) is -0.0879. The summed E-state index contributed by atoms with van der Waals surface area (Å²) in [5.41, 5.74) is 0.816. The van der Waals surface area contributed by atoms with Crippen LogP contribution in [0.3, 0.4) is 0 Å². The van der Waals surface area contributed by atoms with Crippen LogP contribution in [-0.2, 0) is 28.7 Å². The van der Waals surface area contributed by atoms with Gasteiger partial charge in [0.2, 0.25) is 11.8 Å². The van der Waals surface area contributed by atoms with E-state index >= 15 is 0 Å². The van der Waals surface area contributed by atoms with Crippen molar-refractivity contribution in [3.8, 4) is 0 Å². The highest BCUT2D eigenvalue weighted by Crippen LogP contribution is 2.21. The minimum absolute atomic E-state index is 0.0201. The summed E-state index contributed by atoms with van der Waals surface area (Å²) in [4.78, 5) is 46.5. The van der Waals surface area contributed by atoms with Gasteiger partial charge in [-0.15, -0.1) is 0 Å². The summed E-state index contributed by atoms with van der Waals surface area (Å²) in [5, 5.41) is 5.29. The van der Waals surface area contributed by atoms with Crippen molar-refractivity contribution in [2.24, 2.45) is 0 Å². The molecule has 8 heteroatoms. The Hall–Kier alpha value is -2.90. The molecule has 1 aromatic rings. The quantitative estimate of drug-likeness (QED) is 0.616. The Bertz CT molecular complexity index is 589. The molecule has 0 aliphatic carbocycles. The molecule has 0 atom stereocenters. The number of amides is 2. The number of benzene rings is 1. The molecule has 2 N–H and O–H groups in total. The lowest BCUT2D eigenvalue weighted by molar-refractivity contribution is -0.144. The number of rotatable bonds is 10. The molecule has 0 saturated heterocycles. The summed E-state index contributed by atoms with van der Waals surface area (Å²) >= 11 is 0. The van der Waals surface area contributed by atoms with Gasteiger partial charge in [-0.3, -0.25) is 19.2 Å². The number of anilines is 2. The first-order valence-electron chi connectivity index (χ1n) is 8.46. The maximum absolute atomic E-state index is 12.0. The van der Waals surface area contributed by atoms with Crippen LogP contribution >= 0.6 is 0 Å². The fourth-order valence-corrected chi connectivity index (χ4v) is 2.02. The van der Waals surface area contributed by atoms with Crippen LogP contribution in [0.4, 0.5) is 11.4 Å². The highest BCUT2D eigenvalue weighted by atomic mass is 16.5.